The number of carbonyl (C=O) groups is 1. The third kappa shape index (κ3) is 2.57. The molecule has 0 saturated heterocycles. The Morgan fingerprint density at radius 1 is 1.09 bits per heavy atom. The van der Waals surface area contributed by atoms with E-state index in [2.05, 4.69) is 0 Å². The lowest BCUT2D eigenvalue weighted by atomic mass is 10.0. The SMILES string of the molecule is O=C(c1cc(F)c(F)cc1Cl)N1CCCc2ccc(F)cc21. The second kappa shape index (κ2) is 5.65. The van der Waals surface area contributed by atoms with E-state index < -0.39 is 23.4 Å². The molecule has 0 spiro atoms. The molecule has 0 bridgehead atoms. The van der Waals surface area contributed by atoms with Gasteiger partial charge in [-0.05, 0) is 42.7 Å². The average molecular weight is 326 g/mol. The number of carbonyl (C=O) groups excluding carboxylic acids is 1. The quantitative estimate of drug-likeness (QED) is 0.714. The zero-order valence-electron chi connectivity index (χ0n) is 11.4. The summed E-state index contributed by atoms with van der Waals surface area (Å²) in [5, 5.41) is -0.174. The van der Waals surface area contributed by atoms with E-state index in [1.54, 1.807) is 6.07 Å². The van der Waals surface area contributed by atoms with Crippen LogP contribution in [0.3, 0.4) is 0 Å². The molecule has 0 atom stereocenters. The Morgan fingerprint density at radius 3 is 2.59 bits per heavy atom. The number of amides is 1. The summed E-state index contributed by atoms with van der Waals surface area (Å²) in [5.74, 6) is -3.30. The molecule has 2 nitrogen and oxygen atoms in total. The molecule has 2 aromatic rings. The normalized spacial score (nSPS) is 13.9. The first kappa shape index (κ1) is 14.9. The smallest absolute Gasteiger partial charge is 0.259 e. The molecule has 0 saturated carbocycles. The molecule has 0 fully saturated rings. The van der Waals surface area contributed by atoms with Gasteiger partial charge >= 0.3 is 0 Å². The van der Waals surface area contributed by atoms with Gasteiger partial charge in [0.2, 0.25) is 0 Å². The van der Waals surface area contributed by atoms with Crippen LogP contribution in [0.1, 0.15) is 22.3 Å². The third-order valence-corrected chi connectivity index (χ3v) is 3.96. The Kier molecular flexibility index (Phi) is 3.83. The van der Waals surface area contributed by atoms with Gasteiger partial charge in [-0.25, -0.2) is 13.2 Å². The van der Waals surface area contributed by atoms with E-state index in [1.165, 1.54) is 17.0 Å². The second-order valence-corrected chi connectivity index (χ2v) is 5.49. The van der Waals surface area contributed by atoms with Gasteiger partial charge < -0.3 is 4.90 Å². The minimum absolute atomic E-state index is 0.141. The van der Waals surface area contributed by atoms with E-state index in [9.17, 15) is 18.0 Å². The van der Waals surface area contributed by atoms with Crippen molar-refractivity contribution in [3.63, 3.8) is 0 Å². The van der Waals surface area contributed by atoms with E-state index in [0.717, 1.165) is 24.1 Å². The molecular weight excluding hydrogens is 315 g/mol. The fraction of sp³-hybridized carbons (Fsp3) is 0.188. The van der Waals surface area contributed by atoms with Crippen molar-refractivity contribution in [1.29, 1.82) is 0 Å². The van der Waals surface area contributed by atoms with Crippen molar-refractivity contribution in [3.05, 3.63) is 63.9 Å². The number of rotatable bonds is 1. The molecule has 6 heteroatoms. The lowest BCUT2D eigenvalue weighted by molar-refractivity contribution is 0.0984. The maximum absolute atomic E-state index is 13.5. The van der Waals surface area contributed by atoms with Crippen molar-refractivity contribution in [2.45, 2.75) is 12.8 Å². The standard InChI is InChI=1S/C16H11ClF3NO/c17-12-8-14(20)13(19)7-11(12)16(22)21-5-1-2-9-3-4-10(18)6-15(9)21/h3-4,6-8H,1-2,5H2. The molecule has 2 aromatic carbocycles. The molecular formula is C16H11ClF3NO. The van der Waals surface area contributed by atoms with Gasteiger partial charge in [-0.15, -0.1) is 0 Å². The molecule has 1 aliphatic heterocycles. The highest BCUT2D eigenvalue weighted by Crippen LogP contribution is 2.31. The predicted octanol–water partition coefficient (Wildman–Crippen LogP) is 4.35. The van der Waals surface area contributed by atoms with E-state index in [-0.39, 0.29) is 10.6 Å². The Hall–Kier alpha value is -2.01. The highest BCUT2D eigenvalue weighted by molar-refractivity contribution is 6.34. The van der Waals surface area contributed by atoms with Crippen LogP contribution in [0.5, 0.6) is 0 Å². The lowest BCUT2D eigenvalue weighted by Crippen LogP contribution is -2.35. The number of hydrogen-bond donors (Lipinski definition) is 0. The summed E-state index contributed by atoms with van der Waals surface area (Å²) in [5.41, 5.74) is 1.13. The van der Waals surface area contributed by atoms with Gasteiger partial charge in [0.05, 0.1) is 16.3 Å². The Labute approximate surface area is 130 Å². The number of hydrogen-bond acceptors (Lipinski definition) is 1. The molecule has 22 heavy (non-hydrogen) atoms. The van der Waals surface area contributed by atoms with Gasteiger partial charge in [0.1, 0.15) is 5.82 Å². The van der Waals surface area contributed by atoms with Crippen LogP contribution < -0.4 is 4.90 Å². The fourth-order valence-corrected chi connectivity index (χ4v) is 2.82. The maximum atomic E-state index is 13.5. The number of fused-ring (bicyclic) bond motifs is 1. The zero-order chi connectivity index (χ0) is 15.9. The van der Waals surface area contributed by atoms with E-state index >= 15 is 0 Å². The molecule has 1 heterocycles. The van der Waals surface area contributed by atoms with Crippen molar-refractivity contribution in [3.8, 4) is 0 Å². The van der Waals surface area contributed by atoms with E-state index in [1.807, 2.05) is 0 Å². The largest absolute Gasteiger partial charge is 0.308 e. The van der Waals surface area contributed by atoms with Gasteiger partial charge in [-0.3, -0.25) is 4.79 Å². The number of benzene rings is 2. The van der Waals surface area contributed by atoms with Crippen LogP contribution in [0.4, 0.5) is 18.9 Å². The van der Waals surface area contributed by atoms with Gasteiger partial charge in [-0.2, -0.15) is 0 Å². The average Bonchev–Trinajstić information content (AvgIpc) is 2.49. The molecule has 0 unspecified atom stereocenters. The van der Waals surface area contributed by atoms with Gasteiger partial charge in [-0.1, -0.05) is 17.7 Å². The highest BCUT2D eigenvalue weighted by atomic mass is 35.5. The van der Waals surface area contributed by atoms with Crippen LogP contribution in [0, 0.1) is 17.5 Å². The van der Waals surface area contributed by atoms with Gasteiger partial charge in [0, 0.05) is 6.54 Å². The molecule has 0 radical (unpaired) electrons. The summed E-state index contributed by atoms with van der Waals surface area (Å²) < 4.78 is 40.0. The highest BCUT2D eigenvalue weighted by Gasteiger charge is 2.26. The first-order valence-electron chi connectivity index (χ1n) is 6.72. The minimum Gasteiger partial charge on any atom is -0.308 e. The molecule has 0 aromatic heterocycles. The first-order chi connectivity index (χ1) is 10.5. The van der Waals surface area contributed by atoms with Crippen LogP contribution in [-0.2, 0) is 6.42 Å². The topological polar surface area (TPSA) is 20.3 Å². The van der Waals surface area contributed by atoms with Crippen molar-refractivity contribution < 1.29 is 18.0 Å². The zero-order valence-corrected chi connectivity index (χ0v) is 12.1. The van der Waals surface area contributed by atoms with Crippen LogP contribution >= 0.6 is 11.6 Å². The lowest BCUT2D eigenvalue weighted by Gasteiger charge is -2.29. The van der Waals surface area contributed by atoms with Crippen LogP contribution in [0.2, 0.25) is 5.02 Å². The van der Waals surface area contributed by atoms with Crippen molar-refractivity contribution >= 4 is 23.2 Å². The van der Waals surface area contributed by atoms with Crippen molar-refractivity contribution in [1.82, 2.24) is 0 Å². The van der Waals surface area contributed by atoms with Crippen LogP contribution in [-0.4, -0.2) is 12.5 Å². The number of aryl methyl sites for hydroxylation is 1. The summed E-state index contributed by atoms with van der Waals surface area (Å²) in [7, 11) is 0. The number of nitrogens with zero attached hydrogens (tertiary/aromatic N) is 1. The molecule has 0 aliphatic carbocycles. The van der Waals surface area contributed by atoms with Crippen molar-refractivity contribution in [2.24, 2.45) is 0 Å². The molecule has 1 amide bonds. The Balaban J connectivity index is 2.04. The molecule has 1 aliphatic rings. The Bertz CT molecular complexity index is 763. The summed E-state index contributed by atoms with van der Waals surface area (Å²) in [6.45, 7) is 0.366. The number of halogens is 4. The van der Waals surface area contributed by atoms with Crippen LogP contribution in [0.25, 0.3) is 0 Å². The van der Waals surface area contributed by atoms with E-state index in [4.69, 9.17) is 11.6 Å². The molecule has 114 valence electrons. The maximum Gasteiger partial charge on any atom is 0.259 e. The van der Waals surface area contributed by atoms with E-state index in [0.29, 0.717) is 18.7 Å². The minimum atomic E-state index is -1.15. The summed E-state index contributed by atoms with van der Waals surface area (Å²) in [6, 6.07) is 5.75. The monoisotopic (exact) mass is 325 g/mol. The molecule has 0 N–H and O–H groups in total. The Morgan fingerprint density at radius 2 is 1.82 bits per heavy atom. The van der Waals surface area contributed by atoms with Gasteiger partial charge in [0.15, 0.2) is 11.6 Å². The summed E-state index contributed by atoms with van der Waals surface area (Å²) in [6.07, 6.45) is 1.43. The van der Waals surface area contributed by atoms with Gasteiger partial charge in [0.25, 0.3) is 5.91 Å². The predicted molar refractivity (Wildman–Crippen MR) is 77.8 cm³/mol. The van der Waals surface area contributed by atoms with Crippen LogP contribution in [0.15, 0.2) is 30.3 Å². The summed E-state index contributed by atoms with van der Waals surface area (Å²) in [4.78, 5) is 13.9. The van der Waals surface area contributed by atoms with Crippen molar-refractivity contribution in [2.75, 3.05) is 11.4 Å². The second-order valence-electron chi connectivity index (χ2n) is 5.08. The molecule has 3 rings (SSSR count). The first-order valence-corrected chi connectivity index (χ1v) is 7.10. The third-order valence-electron chi connectivity index (χ3n) is 3.65. The fourth-order valence-electron chi connectivity index (χ4n) is 2.59. The summed E-state index contributed by atoms with van der Waals surface area (Å²) >= 11 is 5.85. The number of anilines is 1.